The summed E-state index contributed by atoms with van der Waals surface area (Å²) in [6.45, 7) is 0.255. The second kappa shape index (κ2) is 1.93. The van der Waals surface area contributed by atoms with Crippen molar-refractivity contribution in [2.45, 2.75) is 17.2 Å². The molecule has 4 N–H and O–H groups in total. The van der Waals surface area contributed by atoms with Gasteiger partial charge in [-0.05, 0) is 6.42 Å². The summed E-state index contributed by atoms with van der Waals surface area (Å²) in [5.74, 6) is 0. The van der Waals surface area contributed by atoms with E-state index < -0.39 is 20.6 Å². The average molecular weight is 164 g/mol. The molecule has 1 saturated carbocycles. The molecule has 0 unspecified atom stereocenters. The van der Waals surface area contributed by atoms with Gasteiger partial charge in [0.1, 0.15) is 0 Å². The normalized spacial score (nSPS) is 39.7. The molecule has 60 valence electrons. The van der Waals surface area contributed by atoms with Gasteiger partial charge < -0.3 is 11.5 Å². The molecule has 5 heteroatoms. The highest BCUT2D eigenvalue weighted by atomic mass is 32.2. The van der Waals surface area contributed by atoms with Crippen molar-refractivity contribution < 1.29 is 8.42 Å². The van der Waals surface area contributed by atoms with Crippen LogP contribution in [0, 0.1) is 0 Å². The summed E-state index contributed by atoms with van der Waals surface area (Å²) >= 11 is 0. The summed E-state index contributed by atoms with van der Waals surface area (Å²) in [7, 11) is -2.95. The molecule has 0 aromatic carbocycles. The zero-order valence-electron chi connectivity index (χ0n) is 5.87. The summed E-state index contributed by atoms with van der Waals surface area (Å²) in [6.07, 6.45) is 1.71. The number of rotatable bonds is 2. The summed E-state index contributed by atoms with van der Waals surface area (Å²) in [6, 6.07) is 0. The van der Waals surface area contributed by atoms with Crippen LogP contribution in [-0.4, -0.2) is 32.0 Å². The molecule has 2 atom stereocenters. The van der Waals surface area contributed by atoms with Crippen LogP contribution in [0.4, 0.5) is 0 Å². The van der Waals surface area contributed by atoms with Crippen molar-refractivity contribution in [3.8, 4) is 0 Å². The van der Waals surface area contributed by atoms with Crippen LogP contribution in [-0.2, 0) is 9.84 Å². The Hall–Kier alpha value is -0.130. The summed E-state index contributed by atoms with van der Waals surface area (Å²) in [5, 5.41) is -0.398. The van der Waals surface area contributed by atoms with Crippen LogP contribution >= 0.6 is 0 Å². The van der Waals surface area contributed by atoms with E-state index in [4.69, 9.17) is 11.5 Å². The molecule has 0 aromatic heterocycles. The van der Waals surface area contributed by atoms with Gasteiger partial charge in [-0.1, -0.05) is 0 Å². The van der Waals surface area contributed by atoms with Crippen molar-refractivity contribution in [3.05, 3.63) is 0 Å². The highest BCUT2D eigenvalue weighted by molar-refractivity contribution is 7.91. The fraction of sp³-hybridized carbons (Fsp3) is 1.00. The molecular weight excluding hydrogens is 152 g/mol. The number of hydrogen-bond donors (Lipinski definition) is 2. The van der Waals surface area contributed by atoms with Gasteiger partial charge in [0, 0.05) is 18.3 Å². The van der Waals surface area contributed by atoms with E-state index in [9.17, 15) is 8.42 Å². The molecular formula is C5H12N2O2S. The quantitative estimate of drug-likeness (QED) is 0.518. The highest BCUT2D eigenvalue weighted by Crippen LogP contribution is 2.37. The SMILES string of the molecule is CS(=O)(=O)[C@H]1C[C@]1(N)CN. The minimum atomic E-state index is -2.95. The van der Waals surface area contributed by atoms with Gasteiger partial charge in [-0.3, -0.25) is 0 Å². The highest BCUT2D eigenvalue weighted by Gasteiger charge is 2.56. The topological polar surface area (TPSA) is 86.2 Å². The van der Waals surface area contributed by atoms with Gasteiger partial charge in [0.15, 0.2) is 9.84 Å². The smallest absolute Gasteiger partial charge is 0.152 e. The third-order valence-corrected chi connectivity index (χ3v) is 3.61. The van der Waals surface area contributed by atoms with Crippen LogP contribution in [0.1, 0.15) is 6.42 Å². The molecule has 0 heterocycles. The predicted octanol–water partition coefficient (Wildman–Crippen LogP) is -1.54. The number of hydrogen-bond acceptors (Lipinski definition) is 4. The molecule has 1 fully saturated rings. The lowest BCUT2D eigenvalue weighted by atomic mass is 10.3. The van der Waals surface area contributed by atoms with E-state index in [0.29, 0.717) is 6.42 Å². The van der Waals surface area contributed by atoms with E-state index in [-0.39, 0.29) is 6.54 Å². The second-order valence-corrected chi connectivity index (χ2v) is 5.19. The Morgan fingerprint density at radius 1 is 1.70 bits per heavy atom. The van der Waals surface area contributed by atoms with Gasteiger partial charge in [0.05, 0.1) is 5.25 Å². The van der Waals surface area contributed by atoms with Crippen LogP contribution in [0.3, 0.4) is 0 Å². The second-order valence-electron chi connectivity index (χ2n) is 2.96. The number of nitrogens with two attached hydrogens (primary N) is 2. The minimum absolute atomic E-state index is 0.255. The monoisotopic (exact) mass is 164 g/mol. The fourth-order valence-electron chi connectivity index (χ4n) is 1.08. The number of sulfone groups is 1. The Kier molecular flexibility index (Phi) is 1.54. The van der Waals surface area contributed by atoms with Crippen molar-refractivity contribution in [2.24, 2.45) is 11.5 Å². The van der Waals surface area contributed by atoms with Gasteiger partial charge in [0.25, 0.3) is 0 Å². The lowest BCUT2D eigenvalue weighted by Crippen LogP contribution is -2.37. The summed E-state index contributed by atoms with van der Waals surface area (Å²) in [5.41, 5.74) is 10.2. The molecule has 0 aliphatic heterocycles. The van der Waals surface area contributed by atoms with Crippen LogP contribution < -0.4 is 11.5 Å². The van der Waals surface area contributed by atoms with E-state index in [1.54, 1.807) is 0 Å². The standard InChI is InChI=1S/C5H12N2O2S/c1-10(8,9)4-2-5(4,7)3-6/h4H,2-3,6-7H2,1H3/t4-,5-/m0/s1. The molecule has 0 amide bonds. The van der Waals surface area contributed by atoms with Gasteiger partial charge in [0.2, 0.25) is 0 Å². The first-order valence-corrected chi connectivity index (χ1v) is 5.03. The van der Waals surface area contributed by atoms with Crippen LogP contribution in [0.25, 0.3) is 0 Å². The maximum absolute atomic E-state index is 10.8. The van der Waals surface area contributed by atoms with Crippen LogP contribution in [0.5, 0.6) is 0 Å². The Labute approximate surface area is 60.5 Å². The van der Waals surface area contributed by atoms with E-state index in [1.807, 2.05) is 0 Å². The van der Waals surface area contributed by atoms with Crippen LogP contribution in [0.15, 0.2) is 0 Å². The average Bonchev–Trinajstić information content (AvgIpc) is 2.43. The Bertz CT molecular complexity index is 236. The molecule has 0 radical (unpaired) electrons. The van der Waals surface area contributed by atoms with E-state index in [0.717, 1.165) is 0 Å². The fourth-order valence-corrected chi connectivity index (χ4v) is 2.64. The van der Waals surface area contributed by atoms with Crippen molar-refractivity contribution in [2.75, 3.05) is 12.8 Å². The molecule has 0 aromatic rings. The zero-order valence-corrected chi connectivity index (χ0v) is 6.69. The maximum Gasteiger partial charge on any atom is 0.152 e. The lowest BCUT2D eigenvalue weighted by molar-refractivity contribution is 0.592. The minimum Gasteiger partial charge on any atom is -0.329 e. The molecule has 4 nitrogen and oxygen atoms in total. The zero-order chi connectivity index (χ0) is 7.99. The molecule has 1 rings (SSSR count). The first-order valence-electron chi connectivity index (χ1n) is 3.08. The van der Waals surface area contributed by atoms with Crippen molar-refractivity contribution in [3.63, 3.8) is 0 Å². The first kappa shape index (κ1) is 7.97. The molecule has 0 bridgehead atoms. The van der Waals surface area contributed by atoms with Gasteiger partial charge in [-0.15, -0.1) is 0 Å². The third kappa shape index (κ3) is 1.16. The van der Waals surface area contributed by atoms with Crippen molar-refractivity contribution >= 4 is 9.84 Å². The van der Waals surface area contributed by atoms with E-state index in [1.165, 1.54) is 6.26 Å². The summed E-state index contributed by atoms with van der Waals surface area (Å²) < 4.78 is 21.7. The third-order valence-electron chi connectivity index (χ3n) is 1.94. The van der Waals surface area contributed by atoms with Crippen molar-refractivity contribution in [1.82, 2.24) is 0 Å². The lowest BCUT2D eigenvalue weighted by Gasteiger charge is -2.04. The van der Waals surface area contributed by atoms with Crippen LogP contribution in [0.2, 0.25) is 0 Å². The van der Waals surface area contributed by atoms with Gasteiger partial charge >= 0.3 is 0 Å². The van der Waals surface area contributed by atoms with Gasteiger partial charge in [-0.2, -0.15) is 0 Å². The molecule has 0 saturated heterocycles. The molecule has 1 aliphatic rings. The Balaban J connectivity index is 2.71. The van der Waals surface area contributed by atoms with Gasteiger partial charge in [-0.25, -0.2) is 8.42 Å². The Morgan fingerprint density at radius 3 is 2.30 bits per heavy atom. The Morgan fingerprint density at radius 2 is 2.20 bits per heavy atom. The van der Waals surface area contributed by atoms with E-state index in [2.05, 4.69) is 0 Å². The molecule has 0 spiro atoms. The van der Waals surface area contributed by atoms with Crippen molar-refractivity contribution in [1.29, 1.82) is 0 Å². The van der Waals surface area contributed by atoms with E-state index >= 15 is 0 Å². The molecule has 1 aliphatic carbocycles. The predicted molar refractivity (Wildman–Crippen MR) is 39.2 cm³/mol. The largest absolute Gasteiger partial charge is 0.329 e. The first-order chi connectivity index (χ1) is 4.40. The molecule has 10 heavy (non-hydrogen) atoms. The maximum atomic E-state index is 10.8. The summed E-state index contributed by atoms with van der Waals surface area (Å²) in [4.78, 5) is 0.